The molecule has 0 spiro atoms. The van der Waals surface area contributed by atoms with Crippen LogP contribution in [0.2, 0.25) is 5.02 Å². The largest absolute Gasteiger partial charge is 0.341 e. The van der Waals surface area contributed by atoms with Crippen LogP contribution in [0, 0.1) is 6.92 Å². The molecule has 86 valence electrons. The van der Waals surface area contributed by atoms with Gasteiger partial charge in [-0.1, -0.05) is 17.7 Å². The second-order valence-corrected chi connectivity index (χ2v) is 4.84. The van der Waals surface area contributed by atoms with Crippen LogP contribution in [-0.4, -0.2) is 4.57 Å². The van der Waals surface area contributed by atoms with E-state index in [1.807, 2.05) is 6.07 Å². The number of aromatic nitrogens is 1. The van der Waals surface area contributed by atoms with Crippen molar-refractivity contribution in [3.05, 3.63) is 34.5 Å². The second kappa shape index (κ2) is 4.11. The Hall–Kier alpha value is -0.990. The number of aryl methyl sites for hydroxylation is 1. The van der Waals surface area contributed by atoms with Crippen LogP contribution in [0.5, 0.6) is 0 Å². The van der Waals surface area contributed by atoms with Crippen molar-refractivity contribution in [1.82, 2.24) is 4.57 Å². The Labute approximate surface area is 101 Å². The molecule has 0 atom stereocenters. The normalized spacial score (nSPS) is 11.6. The lowest BCUT2D eigenvalue weighted by Gasteiger charge is -2.15. The van der Waals surface area contributed by atoms with Gasteiger partial charge in [0.2, 0.25) is 0 Å². The maximum Gasteiger partial charge on any atom is 0.0530 e. The molecule has 0 saturated carbocycles. The first kappa shape index (κ1) is 11.5. The van der Waals surface area contributed by atoms with E-state index < -0.39 is 0 Å². The monoisotopic (exact) mass is 236 g/mol. The number of nitrogens with zero attached hydrogens (tertiary/aromatic N) is 1. The van der Waals surface area contributed by atoms with Crippen LogP contribution >= 0.6 is 11.6 Å². The molecule has 0 radical (unpaired) electrons. The van der Waals surface area contributed by atoms with Gasteiger partial charge < -0.3 is 10.3 Å². The fraction of sp³-hybridized carbons (Fsp3) is 0.385. The zero-order valence-corrected chi connectivity index (χ0v) is 10.7. The highest BCUT2D eigenvalue weighted by Crippen LogP contribution is 2.31. The number of hydrogen-bond acceptors (Lipinski definition) is 1. The number of hydrogen-bond donors (Lipinski definition) is 1. The van der Waals surface area contributed by atoms with Crippen LogP contribution < -0.4 is 5.73 Å². The maximum atomic E-state index is 6.22. The summed E-state index contributed by atoms with van der Waals surface area (Å²) in [6.07, 6.45) is 0. The highest BCUT2D eigenvalue weighted by molar-refractivity contribution is 6.35. The topological polar surface area (TPSA) is 30.9 Å². The molecule has 0 aliphatic heterocycles. The van der Waals surface area contributed by atoms with Crippen molar-refractivity contribution in [3.8, 4) is 0 Å². The van der Waals surface area contributed by atoms with E-state index in [2.05, 4.69) is 37.5 Å². The highest BCUT2D eigenvalue weighted by atomic mass is 35.5. The molecule has 0 aliphatic rings. The lowest BCUT2D eigenvalue weighted by molar-refractivity contribution is 0.594. The average Bonchev–Trinajstić information content (AvgIpc) is 2.64. The van der Waals surface area contributed by atoms with Crippen molar-refractivity contribution in [2.24, 2.45) is 5.73 Å². The third-order valence-corrected chi connectivity index (χ3v) is 3.28. The third-order valence-electron chi connectivity index (χ3n) is 2.95. The highest BCUT2D eigenvalue weighted by Gasteiger charge is 2.14. The Balaban J connectivity index is 2.89. The van der Waals surface area contributed by atoms with Crippen molar-refractivity contribution < 1.29 is 0 Å². The zero-order valence-electron chi connectivity index (χ0n) is 9.92. The molecule has 16 heavy (non-hydrogen) atoms. The van der Waals surface area contributed by atoms with Crippen molar-refractivity contribution in [2.75, 3.05) is 0 Å². The quantitative estimate of drug-likeness (QED) is 0.848. The summed E-state index contributed by atoms with van der Waals surface area (Å²) in [6.45, 7) is 6.98. The lowest BCUT2D eigenvalue weighted by Crippen LogP contribution is -2.09. The fourth-order valence-corrected chi connectivity index (χ4v) is 2.48. The van der Waals surface area contributed by atoms with E-state index in [-0.39, 0.29) is 0 Å². The van der Waals surface area contributed by atoms with Crippen LogP contribution in [0.1, 0.15) is 31.1 Å². The van der Waals surface area contributed by atoms with E-state index in [4.69, 9.17) is 17.3 Å². The van der Waals surface area contributed by atoms with Crippen molar-refractivity contribution in [3.63, 3.8) is 0 Å². The predicted octanol–water partition coefficient (Wildman–Crippen LogP) is 3.64. The Morgan fingerprint density at radius 3 is 2.62 bits per heavy atom. The number of rotatable bonds is 2. The minimum Gasteiger partial charge on any atom is -0.341 e. The van der Waals surface area contributed by atoms with Gasteiger partial charge in [0, 0.05) is 28.7 Å². The third kappa shape index (κ3) is 1.62. The smallest absolute Gasteiger partial charge is 0.0530 e. The standard InChI is InChI=1S/C13H17ClN2/c1-8(2)16-10(7-15)6-11-12(14)5-4-9(3)13(11)16/h4-6,8H,7,15H2,1-3H3. The molecule has 2 N–H and O–H groups in total. The van der Waals surface area contributed by atoms with Gasteiger partial charge in [-0.25, -0.2) is 0 Å². The molecule has 0 saturated heterocycles. The van der Waals surface area contributed by atoms with Gasteiger partial charge in [-0.15, -0.1) is 0 Å². The number of nitrogens with two attached hydrogens (primary N) is 1. The minimum absolute atomic E-state index is 0.396. The van der Waals surface area contributed by atoms with E-state index >= 15 is 0 Å². The molecule has 3 heteroatoms. The van der Waals surface area contributed by atoms with Gasteiger partial charge >= 0.3 is 0 Å². The maximum absolute atomic E-state index is 6.22. The Morgan fingerprint density at radius 2 is 2.06 bits per heavy atom. The lowest BCUT2D eigenvalue weighted by atomic mass is 10.1. The predicted molar refractivity (Wildman–Crippen MR) is 70.0 cm³/mol. The minimum atomic E-state index is 0.396. The molecule has 2 aromatic rings. The van der Waals surface area contributed by atoms with E-state index in [9.17, 15) is 0 Å². The van der Waals surface area contributed by atoms with E-state index in [0.717, 1.165) is 16.1 Å². The molecule has 0 fully saturated rings. The molecule has 1 aromatic carbocycles. The summed E-state index contributed by atoms with van der Waals surface area (Å²) in [6, 6.07) is 6.51. The van der Waals surface area contributed by atoms with Crippen LogP contribution in [0.4, 0.5) is 0 Å². The van der Waals surface area contributed by atoms with Gasteiger partial charge in [0.05, 0.1) is 5.52 Å². The Kier molecular flexibility index (Phi) is 2.96. The number of halogens is 1. The Morgan fingerprint density at radius 1 is 1.38 bits per heavy atom. The summed E-state index contributed by atoms with van der Waals surface area (Å²) in [7, 11) is 0. The number of benzene rings is 1. The van der Waals surface area contributed by atoms with Crippen LogP contribution in [0.3, 0.4) is 0 Å². The summed E-state index contributed by atoms with van der Waals surface area (Å²) in [4.78, 5) is 0. The molecule has 0 bridgehead atoms. The molecular formula is C13H17ClN2. The number of fused-ring (bicyclic) bond motifs is 1. The SMILES string of the molecule is Cc1ccc(Cl)c2cc(CN)n(C(C)C)c12. The van der Waals surface area contributed by atoms with Gasteiger partial charge in [0.25, 0.3) is 0 Å². The summed E-state index contributed by atoms with van der Waals surface area (Å²) < 4.78 is 2.27. The average molecular weight is 237 g/mol. The molecule has 2 rings (SSSR count). The molecular weight excluding hydrogens is 220 g/mol. The summed E-state index contributed by atoms with van der Waals surface area (Å²) >= 11 is 6.22. The first-order valence-electron chi connectivity index (χ1n) is 5.55. The van der Waals surface area contributed by atoms with E-state index in [0.29, 0.717) is 12.6 Å². The first-order valence-corrected chi connectivity index (χ1v) is 5.93. The van der Waals surface area contributed by atoms with Crippen molar-refractivity contribution in [2.45, 2.75) is 33.4 Å². The van der Waals surface area contributed by atoms with Gasteiger partial charge in [-0.2, -0.15) is 0 Å². The summed E-state index contributed by atoms with van der Waals surface area (Å²) in [5, 5.41) is 1.91. The molecule has 1 heterocycles. The zero-order chi connectivity index (χ0) is 11.9. The first-order chi connectivity index (χ1) is 7.56. The van der Waals surface area contributed by atoms with Gasteiger partial charge in [0.1, 0.15) is 0 Å². The van der Waals surface area contributed by atoms with E-state index in [1.165, 1.54) is 11.1 Å². The van der Waals surface area contributed by atoms with Gasteiger partial charge in [-0.3, -0.25) is 0 Å². The molecule has 2 nitrogen and oxygen atoms in total. The molecule has 0 aliphatic carbocycles. The summed E-state index contributed by atoms with van der Waals surface area (Å²) in [5.41, 5.74) is 9.38. The Bertz CT molecular complexity index is 526. The molecule has 0 unspecified atom stereocenters. The van der Waals surface area contributed by atoms with Gasteiger partial charge in [-0.05, 0) is 38.5 Å². The van der Waals surface area contributed by atoms with Gasteiger partial charge in [0.15, 0.2) is 0 Å². The van der Waals surface area contributed by atoms with Crippen LogP contribution in [0.15, 0.2) is 18.2 Å². The van der Waals surface area contributed by atoms with Crippen LogP contribution in [-0.2, 0) is 6.54 Å². The second-order valence-electron chi connectivity index (χ2n) is 4.43. The van der Waals surface area contributed by atoms with Crippen molar-refractivity contribution in [1.29, 1.82) is 0 Å². The fourth-order valence-electron chi connectivity index (χ4n) is 2.28. The van der Waals surface area contributed by atoms with Crippen molar-refractivity contribution >= 4 is 22.5 Å². The summed E-state index contributed by atoms with van der Waals surface area (Å²) in [5.74, 6) is 0. The van der Waals surface area contributed by atoms with E-state index in [1.54, 1.807) is 0 Å². The molecule has 1 aromatic heterocycles. The molecule has 0 amide bonds. The van der Waals surface area contributed by atoms with Crippen LogP contribution in [0.25, 0.3) is 10.9 Å².